The summed E-state index contributed by atoms with van der Waals surface area (Å²) in [6.45, 7) is 7.43. The van der Waals surface area contributed by atoms with Gasteiger partial charge in [-0.2, -0.15) is 0 Å². The normalized spacial score (nSPS) is 27.0. The number of ether oxygens (including phenoxy) is 2. The molecule has 1 N–H and O–H groups in total. The Hall–Kier alpha value is -0.120. The lowest BCUT2D eigenvalue weighted by Gasteiger charge is -2.27. The second-order valence-electron chi connectivity index (χ2n) is 5.42. The molecular weight excluding hydrogens is 204 g/mol. The molecule has 16 heavy (non-hydrogen) atoms. The number of aliphatic hydroxyl groups is 1. The molecular formula is C13H26O3. The van der Waals surface area contributed by atoms with Crippen LogP contribution in [0, 0.1) is 5.92 Å². The highest BCUT2D eigenvalue weighted by Gasteiger charge is 2.20. The minimum atomic E-state index is -0.0806. The van der Waals surface area contributed by atoms with E-state index in [-0.39, 0.29) is 11.7 Å². The van der Waals surface area contributed by atoms with E-state index in [4.69, 9.17) is 9.47 Å². The Labute approximate surface area is 99.1 Å². The molecule has 96 valence electrons. The van der Waals surface area contributed by atoms with Crippen LogP contribution in [-0.2, 0) is 9.47 Å². The fraction of sp³-hybridized carbons (Fsp3) is 1.00. The van der Waals surface area contributed by atoms with Gasteiger partial charge < -0.3 is 14.6 Å². The highest BCUT2D eigenvalue weighted by Crippen LogP contribution is 2.24. The standard InChI is InChI=1S/C13H26O3/c1-4-13(2,3)16-10-15-9-11-5-7-12(14)8-6-11/h11-12,14H,4-10H2,1-3H3. The van der Waals surface area contributed by atoms with Crippen LogP contribution in [0.4, 0.5) is 0 Å². The van der Waals surface area contributed by atoms with E-state index in [1.54, 1.807) is 0 Å². The van der Waals surface area contributed by atoms with Gasteiger partial charge in [0.1, 0.15) is 6.79 Å². The third-order valence-corrected chi connectivity index (χ3v) is 3.55. The first kappa shape index (κ1) is 13.9. The van der Waals surface area contributed by atoms with Gasteiger partial charge in [0, 0.05) is 0 Å². The molecule has 0 aromatic heterocycles. The topological polar surface area (TPSA) is 38.7 Å². The smallest absolute Gasteiger partial charge is 0.147 e. The SMILES string of the molecule is CCC(C)(C)OCOCC1CCC(O)CC1. The second kappa shape index (κ2) is 6.58. The Kier molecular flexibility index (Phi) is 5.73. The van der Waals surface area contributed by atoms with Crippen molar-refractivity contribution in [1.29, 1.82) is 0 Å². The Morgan fingerprint density at radius 2 is 1.81 bits per heavy atom. The first-order valence-corrected chi connectivity index (χ1v) is 6.43. The highest BCUT2D eigenvalue weighted by atomic mass is 16.7. The molecule has 1 fully saturated rings. The van der Waals surface area contributed by atoms with Crippen molar-refractivity contribution in [2.75, 3.05) is 13.4 Å². The summed E-state index contributed by atoms with van der Waals surface area (Å²) in [4.78, 5) is 0. The van der Waals surface area contributed by atoms with Gasteiger partial charge in [-0.05, 0) is 51.9 Å². The molecule has 0 heterocycles. The molecule has 0 unspecified atom stereocenters. The summed E-state index contributed by atoms with van der Waals surface area (Å²) in [5, 5.41) is 9.37. The summed E-state index contributed by atoms with van der Waals surface area (Å²) in [6.07, 6.45) is 4.93. The third kappa shape index (κ3) is 5.28. The molecule has 1 saturated carbocycles. The maximum Gasteiger partial charge on any atom is 0.147 e. The average Bonchev–Trinajstić information content (AvgIpc) is 2.27. The summed E-state index contributed by atoms with van der Waals surface area (Å²) in [6, 6.07) is 0. The fourth-order valence-electron chi connectivity index (χ4n) is 1.83. The molecule has 0 amide bonds. The van der Waals surface area contributed by atoms with Gasteiger partial charge in [0.15, 0.2) is 0 Å². The Morgan fingerprint density at radius 3 is 2.38 bits per heavy atom. The average molecular weight is 230 g/mol. The monoisotopic (exact) mass is 230 g/mol. The zero-order chi connectivity index (χ0) is 12.0. The Bertz CT molecular complexity index is 184. The molecule has 0 aromatic rings. The molecule has 1 rings (SSSR count). The molecule has 0 aromatic carbocycles. The minimum Gasteiger partial charge on any atom is -0.393 e. The summed E-state index contributed by atoms with van der Waals surface area (Å²) >= 11 is 0. The van der Waals surface area contributed by atoms with Crippen LogP contribution in [0.15, 0.2) is 0 Å². The van der Waals surface area contributed by atoms with Crippen molar-refractivity contribution in [3.63, 3.8) is 0 Å². The van der Waals surface area contributed by atoms with Crippen molar-refractivity contribution in [3.8, 4) is 0 Å². The maximum atomic E-state index is 9.37. The van der Waals surface area contributed by atoms with E-state index in [2.05, 4.69) is 20.8 Å². The summed E-state index contributed by atoms with van der Waals surface area (Å²) in [5.41, 5.74) is -0.0806. The third-order valence-electron chi connectivity index (χ3n) is 3.55. The molecule has 1 aliphatic carbocycles. The van der Waals surface area contributed by atoms with Gasteiger partial charge in [0.2, 0.25) is 0 Å². The lowest BCUT2D eigenvalue weighted by Crippen LogP contribution is -2.26. The van der Waals surface area contributed by atoms with E-state index >= 15 is 0 Å². The van der Waals surface area contributed by atoms with Crippen LogP contribution >= 0.6 is 0 Å². The highest BCUT2D eigenvalue weighted by molar-refractivity contribution is 4.71. The molecule has 0 atom stereocenters. The van der Waals surface area contributed by atoms with Gasteiger partial charge in [-0.15, -0.1) is 0 Å². The molecule has 1 aliphatic rings. The number of hydrogen-bond acceptors (Lipinski definition) is 3. The van der Waals surface area contributed by atoms with E-state index in [0.717, 1.165) is 38.7 Å². The Balaban J connectivity index is 2.03. The van der Waals surface area contributed by atoms with Crippen LogP contribution < -0.4 is 0 Å². The molecule has 0 bridgehead atoms. The van der Waals surface area contributed by atoms with Gasteiger partial charge in [0.05, 0.1) is 18.3 Å². The molecule has 3 heteroatoms. The van der Waals surface area contributed by atoms with Gasteiger partial charge >= 0.3 is 0 Å². The molecule has 0 aliphatic heterocycles. The summed E-state index contributed by atoms with van der Waals surface area (Å²) in [5.74, 6) is 0.608. The van der Waals surface area contributed by atoms with E-state index < -0.39 is 0 Å². The van der Waals surface area contributed by atoms with Crippen molar-refractivity contribution in [3.05, 3.63) is 0 Å². The van der Waals surface area contributed by atoms with Gasteiger partial charge in [0.25, 0.3) is 0 Å². The molecule has 0 saturated heterocycles. The number of rotatable bonds is 6. The van der Waals surface area contributed by atoms with Crippen LogP contribution in [-0.4, -0.2) is 30.2 Å². The summed E-state index contributed by atoms with van der Waals surface area (Å²) < 4.78 is 11.2. The lowest BCUT2D eigenvalue weighted by molar-refractivity contribution is -0.136. The summed E-state index contributed by atoms with van der Waals surface area (Å²) in [7, 11) is 0. The van der Waals surface area contributed by atoms with Gasteiger partial charge in [-0.3, -0.25) is 0 Å². The van der Waals surface area contributed by atoms with Crippen molar-refractivity contribution in [2.45, 2.75) is 64.6 Å². The zero-order valence-corrected chi connectivity index (χ0v) is 10.9. The van der Waals surface area contributed by atoms with Crippen LogP contribution in [0.3, 0.4) is 0 Å². The molecule has 3 nitrogen and oxygen atoms in total. The molecule has 0 spiro atoms. The first-order valence-electron chi connectivity index (χ1n) is 6.43. The van der Waals surface area contributed by atoms with Crippen LogP contribution in [0.2, 0.25) is 0 Å². The van der Waals surface area contributed by atoms with Crippen molar-refractivity contribution in [1.82, 2.24) is 0 Å². The number of aliphatic hydroxyl groups excluding tert-OH is 1. The van der Waals surface area contributed by atoms with E-state index in [1.165, 1.54) is 0 Å². The quantitative estimate of drug-likeness (QED) is 0.563. The number of hydrogen-bond donors (Lipinski definition) is 1. The van der Waals surface area contributed by atoms with E-state index in [1.807, 2.05) is 0 Å². The zero-order valence-electron chi connectivity index (χ0n) is 10.9. The van der Waals surface area contributed by atoms with Crippen LogP contribution in [0.25, 0.3) is 0 Å². The maximum absolute atomic E-state index is 9.37. The van der Waals surface area contributed by atoms with Crippen molar-refractivity contribution >= 4 is 0 Å². The largest absolute Gasteiger partial charge is 0.393 e. The first-order chi connectivity index (χ1) is 7.53. The van der Waals surface area contributed by atoms with Crippen molar-refractivity contribution < 1.29 is 14.6 Å². The van der Waals surface area contributed by atoms with Crippen LogP contribution in [0.5, 0.6) is 0 Å². The van der Waals surface area contributed by atoms with Gasteiger partial charge in [-0.1, -0.05) is 6.92 Å². The fourth-order valence-corrected chi connectivity index (χ4v) is 1.83. The lowest BCUT2D eigenvalue weighted by atomic mass is 9.88. The van der Waals surface area contributed by atoms with Crippen LogP contribution in [0.1, 0.15) is 52.9 Å². The van der Waals surface area contributed by atoms with E-state index in [0.29, 0.717) is 12.7 Å². The minimum absolute atomic E-state index is 0.0773. The van der Waals surface area contributed by atoms with E-state index in [9.17, 15) is 5.11 Å². The van der Waals surface area contributed by atoms with Gasteiger partial charge in [-0.25, -0.2) is 0 Å². The second-order valence-corrected chi connectivity index (χ2v) is 5.42. The predicted molar refractivity (Wildman–Crippen MR) is 64.2 cm³/mol. The van der Waals surface area contributed by atoms with Crippen molar-refractivity contribution in [2.24, 2.45) is 5.92 Å². The predicted octanol–water partition coefficient (Wildman–Crippen LogP) is 2.72. The molecule has 0 radical (unpaired) electrons. The Morgan fingerprint density at radius 1 is 1.19 bits per heavy atom.